The largest absolute Gasteiger partial charge is 0.494 e. The first kappa shape index (κ1) is 12.8. The van der Waals surface area contributed by atoms with Crippen molar-refractivity contribution in [3.63, 3.8) is 0 Å². The number of ether oxygens (including phenoxy) is 1. The first-order valence-electron chi connectivity index (χ1n) is 5.48. The Labute approximate surface area is 105 Å². The molecule has 0 aliphatic carbocycles. The van der Waals surface area contributed by atoms with E-state index in [1.54, 1.807) is 11.4 Å². The standard InChI is InChI=1S/C10H16N2O3S2/c1-15-9-4-6-16-10(9)17(13,14)12-7-8-3-2-5-11-8/h4,6,8,11-12H,2-3,5,7H2,1H3. The van der Waals surface area contributed by atoms with E-state index in [1.807, 2.05) is 0 Å². The van der Waals surface area contributed by atoms with Crippen LogP contribution in [0.3, 0.4) is 0 Å². The SMILES string of the molecule is COc1ccsc1S(=O)(=O)NCC1CCCN1. The molecule has 1 fully saturated rings. The van der Waals surface area contributed by atoms with Gasteiger partial charge in [-0.3, -0.25) is 0 Å². The fourth-order valence-electron chi connectivity index (χ4n) is 1.84. The highest BCUT2D eigenvalue weighted by Crippen LogP contribution is 2.29. The van der Waals surface area contributed by atoms with Crippen LogP contribution in [0.4, 0.5) is 0 Å². The molecule has 2 heterocycles. The zero-order valence-corrected chi connectivity index (χ0v) is 11.2. The molecule has 1 aromatic rings. The Morgan fingerprint density at radius 1 is 1.65 bits per heavy atom. The molecule has 1 unspecified atom stereocenters. The maximum atomic E-state index is 12.0. The second kappa shape index (κ2) is 5.34. The highest BCUT2D eigenvalue weighted by Gasteiger charge is 2.23. The summed E-state index contributed by atoms with van der Waals surface area (Å²) in [4.78, 5) is 0. The van der Waals surface area contributed by atoms with Crippen molar-refractivity contribution >= 4 is 21.4 Å². The maximum Gasteiger partial charge on any atom is 0.253 e. The first-order valence-corrected chi connectivity index (χ1v) is 7.84. The molecule has 0 spiro atoms. The average Bonchev–Trinajstić information content (AvgIpc) is 2.97. The Bertz CT molecular complexity index is 464. The quantitative estimate of drug-likeness (QED) is 0.834. The molecule has 0 bridgehead atoms. The van der Waals surface area contributed by atoms with Crippen molar-refractivity contribution in [2.45, 2.75) is 23.1 Å². The summed E-state index contributed by atoms with van der Waals surface area (Å²) < 4.78 is 31.9. The van der Waals surface area contributed by atoms with Gasteiger partial charge in [0, 0.05) is 12.6 Å². The molecule has 1 aliphatic heterocycles. The number of thiophene rings is 1. The lowest BCUT2D eigenvalue weighted by Crippen LogP contribution is -2.36. The van der Waals surface area contributed by atoms with Crippen molar-refractivity contribution < 1.29 is 13.2 Å². The van der Waals surface area contributed by atoms with Crippen molar-refractivity contribution in [3.05, 3.63) is 11.4 Å². The number of rotatable bonds is 5. The summed E-state index contributed by atoms with van der Waals surface area (Å²) in [5, 5.41) is 4.96. The fourth-order valence-corrected chi connectivity index (χ4v) is 4.24. The number of nitrogens with one attached hydrogen (secondary N) is 2. The highest BCUT2D eigenvalue weighted by molar-refractivity contribution is 7.91. The van der Waals surface area contributed by atoms with Gasteiger partial charge in [-0.05, 0) is 30.8 Å². The van der Waals surface area contributed by atoms with E-state index in [-0.39, 0.29) is 10.3 Å². The third-order valence-electron chi connectivity index (χ3n) is 2.74. The van der Waals surface area contributed by atoms with E-state index < -0.39 is 10.0 Å². The molecule has 7 heteroatoms. The van der Waals surface area contributed by atoms with Crippen LogP contribution in [0.1, 0.15) is 12.8 Å². The van der Waals surface area contributed by atoms with Crippen LogP contribution in [-0.4, -0.2) is 34.7 Å². The molecule has 5 nitrogen and oxygen atoms in total. The monoisotopic (exact) mass is 276 g/mol. The molecule has 0 aromatic carbocycles. The predicted octanol–water partition coefficient (Wildman–Crippen LogP) is 0.787. The van der Waals surface area contributed by atoms with Crippen molar-refractivity contribution in [1.82, 2.24) is 10.0 Å². The van der Waals surface area contributed by atoms with Crippen molar-refractivity contribution in [3.8, 4) is 5.75 Å². The van der Waals surface area contributed by atoms with E-state index in [2.05, 4.69) is 10.0 Å². The Kier molecular flexibility index (Phi) is 4.03. The van der Waals surface area contributed by atoms with Crippen LogP contribution in [0.15, 0.2) is 15.7 Å². The number of hydrogen-bond donors (Lipinski definition) is 2. The molecule has 96 valence electrons. The summed E-state index contributed by atoms with van der Waals surface area (Å²) >= 11 is 1.17. The third-order valence-corrected chi connectivity index (χ3v) is 5.61. The molecule has 1 aromatic heterocycles. The van der Waals surface area contributed by atoms with Gasteiger partial charge < -0.3 is 10.1 Å². The summed E-state index contributed by atoms with van der Waals surface area (Å²) in [5.41, 5.74) is 0. The minimum Gasteiger partial charge on any atom is -0.494 e. The lowest BCUT2D eigenvalue weighted by molar-refractivity contribution is 0.406. The van der Waals surface area contributed by atoms with Crippen LogP contribution >= 0.6 is 11.3 Å². The summed E-state index contributed by atoms with van der Waals surface area (Å²) in [6, 6.07) is 1.91. The molecular weight excluding hydrogens is 260 g/mol. The summed E-state index contributed by atoms with van der Waals surface area (Å²) in [5.74, 6) is 0.405. The smallest absolute Gasteiger partial charge is 0.253 e. The van der Waals surface area contributed by atoms with E-state index in [0.29, 0.717) is 12.3 Å². The second-order valence-corrected chi connectivity index (χ2v) is 6.80. The molecule has 1 atom stereocenters. The first-order chi connectivity index (χ1) is 8.13. The fraction of sp³-hybridized carbons (Fsp3) is 0.600. The Hall–Kier alpha value is -0.630. The summed E-state index contributed by atoms with van der Waals surface area (Å²) in [6.45, 7) is 1.40. The lowest BCUT2D eigenvalue weighted by Gasteiger charge is -2.11. The molecule has 2 rings (SSSR count). The van der Waals surface area contributed by atoms with Crippen LogP contribution in [0, 0.1) is 0 Å². The second-order valence-electron chi connectivity index (χ2n) is 3.92. The predicted molar refractivity (Wildman–Crippen MR) is 67.1 cm³/mol. The molecule has 1 saturated heterocycles. The van der Waals surface area contributed by atoms with Gasteiger partial charge in [-0.1, -0.05) is 0 Å². The van der Waals surface area contributed by atoms with Crippen LogP contribution < -0.4 is 14.8 Å². The maximum absolute atomic E-state index is 12.0. The highest BCUT2D eigenvalue weighted by atomic mass is 32.2. The lowest BCUT2D eigenvalue weighted by atomic mass is 10.2. The minimum absolute atomic E-state index is 0.246. The Morgan fingerprint density at radius 2 is 2.47 bits per heavy atom. The van der Waals surface area contributed by atoms with Crippen molar-refractivity contribution in [2.24, 2.45) is 0 Å². The van der Waals surface area contributed by atoms with Gasteiger partial charge in [0.25, 0.3) is 10.0 Å². The summed E-state index contributed by atoms with van der Waals surface area (Å²) in [7, 11) is -1.97. The number of hydrogen-bond acceptors (Lipinski definition) is 5. The molecule has 0 saturated carbocycles. The van der Waals surface area contributed by atoms with E-state index in [4.69, 9.17) is 4.74 Å². The van der Waals surface area contributed by atoms with Crippen LogP contribution in [0.2, 0.25) is 0 Å². The molecule has 17 heavy (non-hydrogen) atoms. The van der Waals surface area contributed by atoms with Gasteiger partial charge in [-0.25, -0.2) is 13.1 Å². The van der Waals surface area contributed by atoms with Gasteiger partial charge in [0.2, 0.25) is 0 Å². The Morgan fingerprint density at radius 3 is 3.12 bits per heavy atom. The average molecular weight is 276 g/mol. The van der Waals surface area contributed by atoms with Gasteiger partial charge in [0.05, 0.1) is 7.11 Å². The zero-order chi connectivity index (χ0) is 12.3. The summed E-state index contributed by atoms with van der Waals surface area (Å²) in [6.07, 6.45) is 2.12. The number of methoxy groups -OCH3 is 1. The van der Waals surface area contributed by atoms with Crippen LogP contribution in [-0.2, 0) is 10.0 Å². The molecule has 1 aliphatic rings. The van der Waals surface area contributed by atoms with Crippen LogP contribution in [0.5, 0.6) is 5.75 Å². The van der Waals surface area contributed by atoms with E-state index in [1.165, 1.54) is 18.4 Å². The van der Waals surface area contributed by atoms with Crippen molar-refractivity contribution in [2.75, 3.05) is 20.2 Å². The topological polar surface area (TPSA) is 67.4 Å². The van der Waals surface area contributed by atoms with Crippen LogP contribution in [0.25, 0.3) is 0 Å². The molecule has 0 radical (unpaired) electrons. The van der Waals surface area contributed by atoms with Gasteiger partial charge >= 0.3 is 0 Å². The molecule has 2 N–H and O–H groups in total. The van der Waals surface area contributed by atoms with Gasteiger partial charge in [0.15, 0.2) is 4.21 Å². The van der Waals surface area contributed by atoms with Gasteiger partial charge in [0.1, 0.15) is 5.75 Å². The Balaban J connectivity index is 2.03. The molecular formula is C10H16N2O3S2. The van der Waals surface area contributed by atoms with E-state index in [0.717, 1.165) is 19.4 Å². The zero-order valence-electron chi connectivity index (χ0n) is 9.60. The minimum atomic E-state index is -3.44. The van der Waals surface area contributed by atoms with Gasteiger partial charge in [-0.15, -0.1) is 11.3 Å². The van der Waals surface area contributed by atoms with Gasteiger partial charge in [-0.2, -0.15) is 0 Å². The van der Waals surface area contributed by atoms with E-state index >= 15 is 0 Å². The third kappa shape index (κ3) is 2.98. The van der Waals surface area contributed by atoms with E-state index in [9.17, 15) is 8.42 Å². The number of sulfonamides is 1. The molecule has 0 amide bonds. The normalized spacial score (nSPS) is 20.6. The van der Waals surface area contributed by atoms with Crippen molar-refractivity contribution in [1.29, 1.82) is 0 Å².